The summed E-state index contributed by atoms with van der Waals surface area (Å²) < 4.78 is 17.6. The molecule has 6 nitrogen and oxygen atoms in total. The number of rotatable bonds is 3. The molecule has 32 heavy (non-hydrogen) atoms. The third-order valence-electron chi connectivity index (χ3n) is 5.30. The molecule has 5 rings (SSSR count). The van der Waals surface area contributed by atoms with E-state index in [-0.39, 0.29) is 16.4 Å². The van der Waals surface area contributed by atoms with Crippen LogP contribution in [0.1, 0.15) is 0 Å². The maximum atomic E-state index is 14.5. The van der Waals surface area contributed by atoms with Crippen LogP contribution < -0.4 is 10.9 Å². The summed E-state index contributed by atoms with van der Waals surface area (Å²) in [5.41, 5.74) is 2.75. The van der Waals surface area contributed by atoms with Crippen molar-refractivity contribution in [1.82, 2.24) is 19.3 Å². The van der Waals surface area contributed by atoms with Gasteiger partial charge < -0.3 is 5.32 Å². The van der Waals surface area contributed by atoms with Crippen LogP contribution in [0.15, 0.2) is 59.5 Å². The lowest BCUT2D eigenvalue weighted by molar-refractivity contribution is 0.624. The Morgan fingerprint density at radius 2 is 1.81 bits per heavy atom. The van der Waals surface area contributed by atoms with E-state index in [2.05, 4.69) is 15.4 Å². The van der Waals surface area contributed by atoms with Gasteiger partial charge in [-0.1, -0.05) is 29.3 Å². The van der Waals surface area contributed by atoms with Crippen molar-refractivity contribution >= 4 is 50.8 Å². The van der Waals surface area contributed by atoms with Crippen molar-refractivity contribution in [1.29, 1.82) is 0 Å². The van der Waals surface area contributed by atoms with Crippen LogP contribution in [-0.4, -0.2) is 26.4 Å². The Bertz CT molecular complexity index is 1570. The number of fused-ring (bicyclic) bond motifs is 2. The summed E-state index contributed by atoms with van der Waals surface area (Å²) in [5, 5.41) is 8.96. The number of aryl methyl sites for hydroxylation is 1. The van der Waals surface area contributed by atoms with E-state index >= 15 is 0 Å². The Morgan fingerprint density at radius 1 is 1.06 bits per heavy atom. The van der Waals surface area contributed by atoms with E-state index < -0.39 is 5.82 Å². The van der Waals surface area contributed by atoms with Gasteiger partial charge in [-0.15, -0.1) is 0 Å². The summed E-state index contributed by atoms with van der Waals surface area (Å²) in [5.74, 6) is -0.675. The van der Waals surface area contributed by atoms with E-state index in [0.717, 1.165) is 10.9 Å². The largest absolute Gasteiger partial charge is 0.387 e. The summed E-state index contributed by atoms with van der Waals surface area (Å²) in [7, 11) is 3.51. The van der Waals surface area contributed by atoms with Gasteiger partial charge in [-0.25, -0.2) is 9.37 Å². The number of halogens is 3. The van der Waals surface area contributed by atoms with Crippen molar-refractivity contribution in [2.75, 3.05) is 12.4 Å². The molecule has 0 saturated heterocycles. The predicted octanol–water partition coefficient (Wildman–Crippen LogP) is 5.43. The number of benzene rings is 2. The molecule has 160 valence electrons. The van der Waals surface area contributed by atoms with Crippen LogP contribution in [0.5, 0.6) is 0 Å². The van der Waals surface area contributed by atoms with Gasteiger partial charge in [0.2, 0.25) is 0 Å². The molecule has 0 radical (unpaired) electrons. The highest BCUT2D eigenvalue weighted by Gasteiger charge is 2.22. The third-order valence-corrected chi connectivity index (χ3v) is 5.82. The Balaban J connectivity index is 1.94. The van der Waals surface area contributed by atoms with E-state index in [1.165, 1.54) is 10.6 Å². The van der Waals surface area contributed by atoms with Crippen LogP contribution in [0, 0.1) is 5.82 Å². The first-order valence-electron chi connectivity index (χ1n) is 9.69. The van der Waals surface area contributed by atoms with Gasteiger partial charge in [-0.3, -0.25) is 14.0 Å². The number of hydrogen-bond acceptors (Lipinski definition) is 4. The van der Waals surface area contributed by atoms with Gasteiger partial charge in [-0.2, -0.15) is 5.10 Å². The highest BCUT2D eigenvalue weighted by Crippen LogP contribution is 2.35. The number of aromatic nitrogens is 4. The molecule has 5 aromatic rings. The fourth-order valence-electron chi connectivity index (χ4n) is 3.92. The molecule has 1 N–H and O–H groups in total. The molecule has 0 saturated carbocycles. The molecule has 0 fully saturated rings. The molecule has 0 aliphatic heterocycles. The van der Waals surface area contributed by atoms with Crippen molar-refractivity contribution in [3.05, 3.63) is 81.1 Å². The first-order valence-corrected chi connectivity index (χ1v) is 10.4. The van der Waals surface area contributed by atoms with Crippen molar-refractivity contribution in [3.63, 3.8) is 0 Å². The smallest absolute Gasteiger partial charge is 0.266 e. The molecule has 0 atom stereocenters. The maximum Gasteiger partial charge on any atom is 0.266 e. The number of anilines is 1. The summed E-state index contributed by atoms with van der Waals surface area (Å²) in [6, 6.07) is 13.6. The highest BCUT2D eigenvalue weighted by molar-refractivity contribution is 6.30. The Hall–Kier alpha value is -3.42. The van der Waals surface area contributed by atoms with Gasteiger partial charge in [0.25, 0.3) is 5.56 Å². The molecule has 9 heteroatoms. The number of hydrogen-bond donors (Lipinski definition) is 1. The molecule has 3 aromatic heterocycles. The predicted molar refractivity (Wildman–Crippen MR) is 127 cm³/mol. The first-order chi connectivity index (χ1) is 15.4. The summed E-state index contributed by atoms with van der Waals surface area (Å²) in [4.78, 5) is 18.1. The molecule has 3 heterocycles. The number of nitrogens with one attached hydrogen (secondary N) is 1. The highest BCUT2D eigenvalue weighted by atomic mass is 35.5. The summed E-state index contributed by atoms with van der Waals surface area (Å²) in [6.07, 6.45) is 1.87. The minimum absolute atomic E-state index is 0.235. The van der Waals surface area contributed by atoms with Crippen molar-refractivity contribution < 1.29 is 4.39 Å². The van der Waals surface area contributed by atoms with Gasteiger partial charge in [-0.05, 0) is 48.0 Å². The van der Waals surface area contributed by atoms with Gasteiger partial charge in [0, 0.05) is 36.1 Å². The lowest BCUT2D eigenvalue weighted by atomic mass is 10.0. The molecule has 0 aliphatic rings. The van der Waals surface area contributed by atoms with Crippen molar-refractivity contribution in [3.8, 4) is 16.8 Å². The maximum absolute atomic E-state index is 14.5. The SMILES string of the molecule is CNc1c(-c2ccc3nn(C)cc3c2)c(=O)n(-c2ccc(Cl)cc2)c2nc(Cl)c(F)cc12. The Kier molecular flexibility index (Phi) is 4.87. The molecule has 2 aromatic carbocycles. The fourth-order valence-corrected chi connectivity index (χ4v) is 4.18. The summed E-state index contributed by atoms with van der Waals surface area (Å²) in [6.45, 7) is 0. The average molecular weight is 468 g/mol. The molecule has 0 amide bonds. The lowest BCUT2D eigenvalue weighted by Crippen LogP contribution is -2.23. The zero-order valence-electron chi connectivity index (χ0n) is 17.0. The molecule has 0 unspecified atom stereocenters. The quantitative estimate of drug-likeness (QED) is 0.359. The molecule has 0 spiro atoms. The van der Waals surface area contributed by atoms with E-state index in [4.69, 9.17) is 23.2 Å². The van der Waals surface area contributed by atoms with Crippen molar-refractivity contribution in [2.45, 2.75) is 0 Å². The van der Waals surface area contributed by atoms with Crippen LogP contribution in [-0.2, 0) is 7.05 Å². The van der Waals surface area contributed by atoms with Crippen molar-refractivity contribution in [2.24, 2.45) is 7.05 Å². The standard InChI is InChI=1S/C23H16Cl2FN5O/c1-27-20-16-10-17(26)21(25)28-22(16)31(15-6-4-14(24)5-7-15)23(32)19(20)12-3-8-18-13(9-12)11-30(2)29-18/h3-11,27H,1-2H3. The third kappa shape index (κ3) is 3.21. The minimum atomic E-state index is -0.675. The molecule has 0 bridgehead atoms. The van der Waals surface area contributed by atoms with Crippen LogP contribution in [0.2, 0.25) is 10.2 Å². The topological polar surface area (TPSA) is 64.7 Å². The Morgan fingerprint density at radius 3 is 2.53 bits per heavy atom. The van der Waals surface area contributed by atoms with Gasteiger partial charge in [0.1, 0.15) is 0 Å². The van der Waals surface area contributed by atoms with E-state index in [9.17, 15) is 9.18 Å². The van der Waals surface area contributed by atoms with Crippen LogP contribution >= 0.6 is 23.2 Å². The monoisotopic (exact) mass is 467 g/mol. The van der Waals surface area contributed by atoms with Gasteiger partial charge >= 0.3 is 0 Å². The normalized spacial score (nSPS) is 11.4. The number of pyridine rings is 2. The first kappa shape index (κ1) is 20.5. The second-order valence-corrected chi connectivity index (χ2v) is 8.12. The lowest BCUT2D eigenvalue weighted by Gasteiger charge is -2.18. The van der Waals surface area contributed by atoms with Gasteiger partial charge in [0.15, 0.2) is 16.6 Å². The zero-order valence-corrected chi connectivity index (χ0v) is 18.5. The fraction of sp³-hybridized carbons (Fsp3) is 0.0870. The number of nitrogens with zero attached hydrogens (tertiary/aromatic N) is 4. The van der Waals surface area contributed by atoms with E-state index in [1.807, 2.05) is 31.4 Å². The van der Waals surface area contributed by atoms with E-state index in [0.29, 0.717) is 32.9 Å². The molecule has 0 aliphatic carbocycles. The Labute approximate surface area is 191 Å². The molecular formula is C23H16Cl2FN5O. The molecular weight excluding hydrogens is 452 g/mol. The van der Waals surface area contributed by atoms with Gasteiger partial charge in [0.05, 0.1) is 22.5 Å². The average Bonchev–Trinajstić information content (AvgIpc) is 3.14. The summed E-state index contributed by atoms with van der Waals surface area (Å²) >= 11 is 12.0. The minimum Gasteiger partial charge on any atom is -0.387 e. The van der Waals surface area contributed by atoms with Crippen LogP contribution in [0.4, 0.5) is 10.1 Å². The van der Waals surface area contributed by atoms with Crippen LogP contribution in [0.25, 0.3) is 38.8 Å². The second kappa shape index (κ2) is 7.62. The van der Waals surface area contributed by atoms with E-state index in [1.54, 1.807) is 36.0 Å². The second-order valence-electron chi connectivity index (χ2n) is 7.33. The zero-order chi connectivity index (χ0) is 22.6. The van der Waals surface area contributed by atoms with Crippen LogP contribution in [0.3, 0.4) is 0 Å².